The van der Waals surface area contributed by atoms with E-state index in [2.05, 4.69) is 20.3 Å². The number of nitrogens with zero attached hydrogens (tertiary/aromatic N) is 3. The van der Waals surface area contributed by atoms with Crippen LogP contribution in [0.3, 0.4) is 0 Å². The molecule has 6 nitrogen and oxygen atoms in total. The number of carbonyl (C=O) groups is 1. The van der Waals surface area contributed by atoms with Crippen molar-refractivity contribution >= 4 is 11.6 Å². The zero-order valence-corrected chi connectivity index (χ0v) is 12.3. The maximum Gasteiger partial charge on any atom is 0.278 e. The van der Waals surface area contributed by atoms with E-state index >= 15 is 0 Å². The molecule has 0 aliphatic carbocycles. The number of piperidine rings is 1. The Bertz CT molecular complexity index is 656. The monoisotopic (exact) mass is 304 g/mol. The van der Waals surface area contributed by atoms with Crippen molar-refractivity contribution in [2.75, 3.05) is 18.4 Å². The van der Waals surface area contributed by atoms with Gasteiger partial charge in [0.1, 0.15) is 11.5 Å². The number of halogens is 1. The van der Waals surface area contributed by atoms with Gasteiger partial charge in [-0.1, -0.05) is 5.16 Å². The molecule has 2 aromatic rings. The summed E-state index contributed by atoms with van der Waals surface area (Å²) in [6, 6.07) is 6.35. The first-order valence-corrected chi connectivity index (χ1v) is 7.24. The van der Waals surface area contributed by atoms with Crippen LogP contribution in [-0.4, -0.2) is 40.3 Å². The summed E-state index contributed by atoms with van der Waals surface area (Å²) in [7, 11) is 0. The Morgan fingerprint density at radius 2 is 2.14 bits per heavy atom. The molecule has 1 aliphatic heterocycles. The van der Waals surface area contributed by atoms with Crippen LogP contribution in [0.1, 0.15) is 29.0 Å². The summed E-state index contributed by atoms with van der Waals surface area (Å²) in [4.78, 5) is 14.2. The minimum absolute atomic E-state index is 0.128. The fourth-order valence-electron chi connectivity index (χ4n) is 2.64. The molecule has 0 saturated carbocycles. The Morgan fingerprint density at radius 1 is 1.36 bits per heavy atom. The summed E-state index contributed by atoms with van der Waals surface area (Å²) in [6.45, 7) is 2.96. The fourth-order valence-corrected chi connectivity index (χ4v) is 2.64. The molecule has 1 fully saturated rings. The minimum atomic E-state index is -0.264. The van der Waals surface area contributed by atoms with Crippen LogP contribution in [0.15, 0.2) is 28.9 Å². The van der Waals surface area contributed by atoms with Crippen molar-refractivity contribution in [1.82, 2.24) is 15.2 Å². The first kappa shape index (κ1) is 14.5. The third-order valence-corrected chi connectivity index (χ3v) is 3.78. The smallest absolute Gasteiger partial charge is 0.278 e. The number of rotatable bonds is 3. The summed E-state index contributed by atoms with van der Waals surface area (Å²) in [5.41, 5.74) is 1.61. The second-order valence-electron chi connectivity index (χ2n) is 5.44. The lowest BCUT2D eigenvalue weighted by molar-refractivity contribution is 0.0703. The van der Waals surface area contributed by atoms with E-state index in [1.54, 1.807) is 24.0 Å². The Hall–Kier alpha value is -2.44. The molecule has 116 valence electrons. The van der Waals surface area contributed by atoms with Gasteiger partial charge in [0.2, 0.25) is 0 Å². The lowest BCUT2D eigenvalue weighted by Crippen LogP contribution is -2.45. The van der Waals surface area contributed by atoms with Crippen molar-refractivity contribution in [3.8, 4) is 0 Å². The highest BCUT2D eigenvalue weighted by atomic mass is 19.1. The van der Waals surface area contributed by atoms with Crippen LogP contribution in [0.5, 0.6) is 0 Å². The van der Waals surface area contributed by atoms with Gasteiger partial charge in [-0.2, -0.15) is 0 Å². The van der Waals surface area contributed by atoms with Crippen molar-refractivity contribution < 1.29 is 13.8 Å². The van der Waals surface area contributed by atoms with Crippen LogP contribution in [-0.2, 0) is 0 Å². The average molecular weight is 304 g/mol. The molecule has 1 atom stereocenters. The third kappa shape index (κ3) is 3.08. The van der Waals surface area contributed by atoms with Crippen molar-refractivity contribution in [2.24, 2.45) is 0 Å². The Morgan fingerprint density at radius 3 is 2.82 bits per heavy atom. The molecule has 1 aromatic heterocycles. The lowest BCUT2D eigenvalue weighted by Gasteiger charge is -2.33. The maximum absolute atomic E-state index is 12.9. The number of nitrogens with one attached hydrogen (secondary N) is 1. The molecule has 0 spiro atoms. The van der Waals surface area contributed by atoms with Gasteiger partial charge in [0, 0.05) is 24.8 Å². The quantitative estimate of drug-likeness (QED) is 0.941. The number of benzene rings is 1. The molecule has 0 radical (unpaired) electrons. The van der Waals surface area contributed by atoms with E-state index in [1.807, 2.05) is 0 Å². The second-order valence-corrected chi connectivity index (χ2v) is 5.44. The van der Waals surface area contributed by atoms with Gasteiger partial charge in [0.05, 0.1) is 0 Å². The maximum atomic E-state index is 12.9. The van der Waals surface area contributed by atoms with Crippen LogP contribution in [0.2, 0.25) is 0 Å². The SMILES string of the molecule is Cc1nonc1C(=O)N1CCCC(Nc2ccc(F)cc2)C1. The summed E-state index contributed by atoms with van der Waals surface area (Å²) in [5.74, 6) is -0.427. The van der Waals surface area contributed by atoms with Crippen molar-refractivity contribution in [2.45, 2.75) is 25.8 Å². The standard InChI is InChI=1S/C15H17FN4O2/c1-10-14(19-22-18-10)15(21)20-8-2-3-13(9-20)17-12-6-4-11(16)5-7-12/h4-7,13,17H,2-3,8-9H2,1H3. The number of anilines is 1. The summed E-state index contributed by atoms with van der Waals surface area (Å²) in [6.07, 6.45) is 1.85. The first-order chi connectivity index (χ1) is 10.6. The number of amides is 1. The number of hydrogen-bond donors (Lipinski definition) is 1. The largest absolute Gasteiger partial charge is 0.381 e. The van der Waals surface area contributed by atoms with Gasteiger partial charge in [0.15, 0.2) is 5.69 Å². The van der Waals surface area contributed by atoms with Crippen LogP contribution in [0, 0.1) is 12.7 Å². The predicted molar refractivity (Wildman–Crippen MR) is 78.0 cm³/mol. The number of hydrogen-bond acceptors (Lipinski definition) is 5. The van der Waals surface area contributed by atoms with Gasteiger partial charge in [0.25, 0.3) is 5.91 Å². The topological polar surface area (TPSA) is 71.3 Å². The van der Waals surface area contributed by atoms with Crippen LogP contribution in [0.4, 0.5) is 10.1 Å². The van der Waals surface area contributed by atoms with E-state index in [0.29, 0.717) is 18.8 Å². The first-order valence-electron chi connectivity index (χ1n) is 7.24. The highest BCUT2D eigenvalue weighted by molar-refractivity contribution is 5.93. The molecule has 1 N–H and O–H groups in total. The Kier molecular flexibility index (Phi) is 4.04. The lowest BCUT2D eigenvalue weighted by atomic mass is 10.0. The highest BCUT2D eigenvalue weighted by Gasteiger charge is 2.27. The molecule has 7 heteroatoms. The van der Waals surface area contributed by atoms with E-state index in [1.165, 1.54) is 12.1 Å². The van der Waals surface area contributed by atoms with Gasteiger partial charge in [-0.15, -0.1) is 0 Å². The Labute approximate surface area is 127 Å². The second kappa shape index (κ2) is 6.13. The zero-order chi connectivity index (χ0) is 15.5. The molecule has 2 heterocycles. The Balaban J connectivity index is 1.65. The zero-order valence-electron chi connectivity index (χ0n) is 12.3. The van der Waals surface area contributed by atoms with Gasteiger partial charge in [-0.05, 0) is 49.2 Å². The molecule has 1 unspecified atom stereocenters. The van der Waals surface area contributed by atoms with Crippen LogP contribution < -0.4 is 5.32 Å². The van der Waals surface area contributed by atoms with E-state index < -0.39 is 0 Å². The molecular formula is C15H17FN4O2. The molecule has 1 aliphatic rings. The molecular weight excluding hydrogens is 287 g/mol. The van der Waals surface area contributed by atoms with Crippen molar-refractivity contribution in [3.63, 3.8) is 0 Å². The highest BCUT2D eigenvalue weighted by Crippen LogP contribution is 2.18. The van der Waals surface area contributed by atoms with E-state index in [4.69, 9.17) is 0 Å². The summed E-state index contributed by atoms with van der Waals surface area (Å²) in [5, 5.41) is 10.6. The summed E-state index contributed by atoms with van der Waals surface area (Å²) < 4.78 is 17.5. The predicted octanol–water partition coefficient (Wildman–Crippen LogP) is 2.23. The molecule has 1 aromatic carbocycles. The molecule has 1 saturated heterocycles. The minimum Gasteiger partial charge on any atom is -0.381 e. The van der Waals surface area contributed by atoms with Gasteiger partial charge in [-0.25, -0.2) is 9.02 Å². The van der Waals surface area contributed by atoms with Gasteiger partial charge in [-0.3, -0.25) is 4.79 Å². The number of aryl methyl sites for hydroxylation is 1. The number of carbonyl (C=O) groups excluding carboxylic acids is 1. The average Bonchev–Trinajstić information content (AvgIpc) is 2.95. The van der Waals surface area contributed by atoms with Crippen molar-refractivity contribution in [1.29, 1.82) is 0 Å². The molecule has 1 amide bonds. The fraction of sp³-hybridized carbons (Fsp3) is 0.400. The van der Waals surface area contributed by atoms with E-state index in [0.717, 1.165) is 18.5 Å². The van der Waals surface area contributed by atoms with Crippen LogP contribution >= 0.6 is 0 Å². The van der Waals surface area contributed by atoms with Gasteiger partial charge >= 0.3 is 0 Å². The summed E-state index contributed by atoms with van der Waals surface area (Å²) >= 11 is 0. The number of likely N-dealkylation sites (tertiary alicyclic amines) is 1. The van der Waals surface area contributed by atoms with Crippen molar-refractivity contribution in [3.05, 3.63) is 41.5 Å². The molecule has 0 bridgehead atoms. The van der Waals surface area contributed by atoms with E-state index in [9.17, 15) is 9.18 Å². The normalized spacial score (nSPS) is 18.3. The molecule has 22 heavy (non-hydrogen) atoms. The number of aromatic nitrogens is 2. The third-order valence-electron chi connectivity index (χ3n) is 3.78. The van der Waals surface area contributed by atoms with Gasteiger partial charge < -0.3 is 10.2 Å². The van der Waals surface area contributed by atoms with Crippen LogP contribution in [0.25, 0.3) is 0 Å². The molecule has 3 rings (SSSR count). The van der Waals surface area contributed by atoms with E-state index in [-0.39, 0.29) is 23.5 Å².